The van der Waals surface area contributed by atoms with Crippen molar-refractivity contribution in [2.75, 3.05) is 0 Å². The smallest absolute Gasteiger partial charge is 0.256 e. The molecule has 1 atom stereocenters. The van der Waals surface area contributed by atoms with Crippen molar-refractivity contribution in [3.05, 3.63) is 23.1 Å². The molecule has 17 heavy (non-hydrogen) atoms. The Bertz CT molecular complexity index is 540. The van der Waals surface area contributed by atoms with Crippen LogP contribution in [0.4, 0.5) is 8.78 Å². The second kappa shape index (κ2) is 4.74. The standard InChI is InChI=1S/C10H9Cl2F2N3/c1-5(11)9-16-7-2-6(12)3-15-10(7)17(9)4-8(13)14/h2-3,5,8H,4H2,1H3. The minimum Gasteiger partial charge on any atom is -0.306 e. The maximum atomic E-state index is 12.5. The van der Waals surface area contributed by atoms with E-state index in [9.17, 15) is 8.78 Å². The predicted molar refractivity (Wildman–Crippen MR) is 62.8 cm³/mol. The zero-order valence-electron chi connectivity index (χ0n) is 8.87. The molecule has 2 rings (SSSR count). The fourth-order valence-electron chi connectivity index (χ4n) is 1.63. The van der Waals surface area contributed by atoms with E-state index in [1.165, 1.54) is 10.8 Å². The zero-order valence-corrected chi connectivity index (χ0v) is 10.4. The average molecular weight is 280 g/mol. The molecule has 0 aliphatic carbocycles. The van der Waals surface area contributed by atoms with E-state index in [4.69, 9.17) is 23.2 Å². The third-order valence-electron chi connectivity index (χ3n) is 2.26. The van der Waals surface area contributed by atoms with Gasteiger partial charge in [0, 0.05) is 6.20 Å². The molecule has 2 aromatic heterocycles. The number of alkyl halides is 3. The molecule has 2 aromatic rings. The largest absolute Gasteiger partial charge is 0.306 e. The summed E-state index contributed by atoms with van der Waals surface area (Å²) in [6, 6.07) is 1.58. The number of halogens is 4. The average Bonchev–Trinajstić information content (AvgIpc) is 2.55. The van der Waals surface area contributed by atoms with Gasteiger partial charge in [0.25, 0.3) is 6.43 Å². The van der Waals surface area contributed by atoms with E-state index in [0.717, 1.165) is 0 Å². The molecule has 0 aliphatic rings. The molecule has 7 heteroatoms. The predicted octanol–water partition coefficient (Wildman–Crippen LogP) is 3.65. The van der Waals surface area contributed by atoms with Gasteiger partial charge in [0.1, 0.15) is 11.3 Å². The Hall–Kier alpha value is -0.940. The van der Waals surface area contributed by atoms with Gasteiger partial charge < -0.3 is 4.57 Å². The highest BCUT2D eigenvalue weighted by atomic mass is 35.5. The summed E-state index contributed by atoms with van der Waals surface area (Å²) in [7, 11) is 0. The quantitative estimate of drug-likeness (QED) is 0.803. The van der Waals surface area contributed by atoms with E-state index in [0.29, 0.717) is 22.0 Å². The lowest BCUT2D eigenvalue weighted by molar-refractivity contribution is 0.126. The Morgan fingerprint density at radius 2 is 2.18 bits per heavy atom. The molecule has 0 amide bonds. The van der Waals surface area contributed by atoms with Crippen molar-refractivity contribution in [2.45, 2.75) is 25.3 Å². The van der Waals surface area contributed by atoms with Crippen LogP contribution in [-0.4, -0.2) is 21.0 Å². The lowest BCUT2D eigenvalue weighted by Crippen LogP contribution is -2.11. The summed E-state index contributed by atoms with van der Waals surface area (Å²) in [5, 5.41) is -0.0605. The first kappa shape index (κ1) is 12.5. The first-order chi connectivity index (χ1) is 7.99. The van der Waals surface area contributed by atoms with Crippen molar-refractivity contribution in [1.29, 1.82) is 0 Å². The highest BCUT2D eigenvalue weighted by Gasteiger charge is 2.18. The van der Waals surface area contributed by atoms with Crippen LogP contribution in [0.2, 0.25) is 5.02 Å². The van der Waals surface area contributed by atoms with Crippen molar-refractivity contribution >= 4 is 34.4 Å². The minimum atomic E-state index is -2.49. The van der Waals surface area contributed by atoms with Crippen LogP contribution in [-0.2, 0) is 6.54 Å². The van der Waals surface area contributed by atoms with E-state index >= 15 is 0 Å². The molecular formula is C10H9Cl2F2N3. The summed E-state index contributed by atoms with van der Waals surface area (Å²) in [6.45, 7) is 1.20. The summed E-state index contributed by atoms with van der Waals surface area (Å²) < 4.78 is 26.3. The Labute approximate surface area is 106 Å². The Kier molecular flexibility index (Phi) is 3.49. The molecule has 92 valence electrons. The van der Waals surface area contributed by atoms with Crippen LogP contribution in [0.5, 0.6) is 0 Å². The topological polar surface area (TPSA) is 30.7 Å². The van der Waals surface area contributed by atoms with Gasteiger partial charge in [0.15, 0.2) is 5.65 Å². The van der Waals surface area contributed by atoms with E-state index in [2.05, 4.69) is 9.97 Å². The molecule has 0 saturated carbocycles. The SMILES string of the molecule is CC(Cl)c1nc2cc(Cl)cnc2n1CC(F)F. The minimum absolute atomic E-state index is 0.372. The number of fused-ring (bicyclic) bond motifs is 1. The number of hydrogen-bond donors (Lipinski definition) is 0. The number of nitrogens with zero attached hydrogens (tertiary/aromatic N) is 3. The van der Waals surface area contributed by atoms with Gasteiger partial charge in [-0.3, -0.25) is 0 Å². The second-order valence-corrected chi connectivity index (χ2v) is 4.68. The fraction of sp³-hybridized carbons (Fsp3) is 0.400. The number of aromatic nitrogens is 3. The molecule has 0 bridgehead atoms. The lowest BCUT2D eigenvalue weighted by atomic mass is 10.4. The highest BCUT2D eigenvalue weighted by Crippen LogP contribution is 2.25. The molecular weight excluding hydrogens is 271 g/mol. The number of rotatable bonds is 3. The van der Waals surface area contributed by atoms with Crippen molar-refractivity contribution in [3.63, 3.8) is 0 Å². The summed E-state index contributed by atoms with van der Waals surface area (Å²) >= 11 is 11.7. The summed E-state index contributed by atoms with van der Waals surface area (Å²) in [5.41, 5.74) is 0.845. The highest BCUT2D eigenvalue weighted by molar-refractivity contribution is 6.31. The summed E-state index contributed by atoms with van der Waals surface area (Å²) in [5.74, 6) is 0.372. The van der Waals surface area contributed by atoms with Gasteiger partial charge in [0.2, 0.25) is 0 Å². The molecule has 3 nitrogen and oxygen atoms in total. The van der Waals surface area contributed by atoms with Crippen molar-refractivity contribution in [1.82, 2.24) is 14.5 Å². The van der Waals surface area contributed by atoms with Gasteiger partial charge >= 0.3 is 0 Å². The van der Waals surface area contributed by atoms with Crippen LogP contribution in [0.15, 0.2) is 12.3 Å². The van der Waals surface area contributed by atoms with E-state index < -0.39 is 18.3 Å². The van der Waals surface area contributed by atoms with Crippen molar-refractivity contribution in [2.24, 2.45) is 0 Å². The Morgan fingerprint density at radius 3 is 2.76 bits per heavy atom. The normalized spacial score (nSPS) is 13.5. The molecule has 1 unspecified atom stereocenters. The Morgan fingerprint density at radius 1 is 1.47 bits per heavy atom. The van der Waals surface area contributed by atoms with Gasteiger partial charge in [-0.05, 0) is 13.0 Å². The van der Waals surface area contributed by atoms with Gasteiger partial charge in [-0.2, -0.15) is 0 Å². The monoisotopic (exact) mass is 279 g/mol. The lowest BCUT2D eigenvalue weighted by Gasteiger charge is -2.08. The first-order valence-corrected chi connectivity index (χ1v) is 5.74. The Balaban J connectivity index is 2.62. The van der Waals surface area contributed by atoms with Crippen LogP contribution in [0.25, 0.3) is 11.2 Å². The maximum absolute atomic E-state index is 12.5. The van der Waals surface area contributed by atoms with Crippen LogP contribution in [0.1, 0.15) is 18.1 Å². The molecule has 2 heterocycles. The molecule has 0 aliphatic heterocycles. The van der Waals surface area contributed by atoms with Crippen LogP contribution in [0.3, 0.4) is 0 Å². The van der Waals surface area contributed by atoms with Crippen LogP contribution >= 0.6 is 23.2 Å². The number of imidazole rings is 1. The zero-order chi connectivity index (χ0) is 12.6. The number of hydrogen-bond acceptors (Lipinski definition) is 2. The van der Waals surface area contributed by atoms with Gasteiger partial charge in [-0.1, -0.05) is 11.6 Å². The maximum Gasteiger partial charge on any atom is 0.256 e. The van der Waals surface area contributed by atoms with Crippen molar-refractivity contribution in [3.8, 4) is 0 Å². The molecule has 0 aromatic carbocycles. The molecule has 0 saturated heterocycles. The van der Waals surface area contributed by atoms with Crippen LogP contribution < -0.4 is 0 Å². The summed E-state index contributed by atoms with van der Waals surface area (Å²) in [6.07, 6.45) is -1.09. The van der Waals surface area contributed by atoms with Crippen LogP contribution in [0, 0.1) is 0 Å². The van der Waals surface area contributed by atoms with E-state index in [1.54, 1.807) is 13.0 Å². The van der Waals surface area contributed by atoms with Gasteiger partial charge in [-0.25, -0.2) is 18.7 Å². The third kappa shape index (κ3) is 2.50. The second-order valence-electron chi connectivity index (χ2n) is 3.58. The molecule has 0 fully saturated rings. The van der Waals surface area contributed by atoms with Gasteiger partial charge in [-0.15, -0.1) is 11.6 Å². The first-order valence-electron chi connectivity index (χ1n) is 4.93. The molecule has 0 N–H and O–H groups in total. The molecule has 0 radical (unpaired) electrons. The van der Waals surface area contributed by atoms with Crippen molar-refractivity contribution < 1.29 is 8.78 Å². The van der Waals surface area contributed by atoms with Gasteiger partial charge in [0.05, 0.1) is 16.9 Å². The van der Waals surface area contributed by atoms with E-state index in [-0.39, 0.29) is 0 Å². The number of pyridine rings is 1. The molecule has 0 spiro atoms. The third-order valence-corrected chi connectivity index (χ3v) is 2.66. The summed E-state index contributed by atoms with van der Waals surface area (Å²) in [4.78, 5) is 8.19. The van der Waals surface area contributed by atoms with E-state index in [1.807, 2.05) is 0 Å². The fourth-order valence-corrected chi connectivity index (χ4v) is 1.94.